The van der Waals surface area contributed by atoms with Crippen LogP contribution in [0.3, 0.4) is 0 Å². The number of hydrogen-bond donors (Lipinski definition) is 0. The van der Waals surface area contributed by atoms with Crippen LogP contribution in [0.15, 0.2) is 0 Å². The van der Waals surface area contributed by atoms with Gasteiger partial charge in [-0.15, -0.1) is 12.3 Å². The smallest absolute Gasteiger partial charge is 0.258 e. The number of hydrogen-bond acceptors (Lipinski definition) is 3. The zero-order valence-corrected chi connectivity index (χ0v) is 8.44. The molecule has 0 aromatic carbocycles. The Kier molecular flexibility index (Phi) is 2.74. The number of morpholine rings is 1. The third kappa shape index (κ3) is 1.75. The molecule has 2 fully saturated rings. The largest absolute Gasteiger partial charge is 0.355 e. The van der Waals surface area contributed by atoms with Crippen LogP contribution in [0.1, 0.15) is 25.7 Å². The van der Waals surface area contributed by atoms with Gasteiger partial charge in [0.1, 0.15) is 12.2 Å². The van der Waals surface area contributed by atoms with Gasteiger partial charge in [-0.2, -0.15) is 0 Å². The van der Waals surface area contributed by atoms with Crippen LogP contribution in [-0.4, -0.2) is 35.5 Å². The molecular weight excluding hydrogens is 194 g/mol. The Morgan fingerprint density at radius 1 is 1.33 bits per heavy atom. The predicted octanol–water partition coefficient (Wildman–Crippen LogP) is 0.316. The fourth-order valence-corrected chi connectivity index (χ4v) is 2.02. The summed E-state index contributed by atoms with van der Waals surface area (Å²) in [5.74, 6) is 2.12. The van der Waals surface area contributed by atoms with Gasteiger partial charge in [-0.1, -0.05) is 0 Å². The van der Waals surface area contributed by atoms with Crippen molar-refractivity contribution < 1.29 is 14.3 Å². The van der Waals surface area contributed by atoms with E-state index in [0.717, 1.165) is 0 Å². The molecule has 4 nitrogen and oxygen atoms in total. The average molecular weight is 207 g/mol. The summed E-state index contributed by atoms with van der Waals surface area (Å²) in [6.07, 6.45) is 6.94. The number of amides is 2. The van der Waals surface area contributed by atoms with Crippen molar-refractivity contribution >= 4 is 11.8 Å². The molecule has 0 radical (unpaired) electrons. The van der Waals surface area contributed by atoms with Gasteiger partial charge < -0.3 is 4.74 Å². The Bertz CT molecular complexity index is 309. The van der Waals surface area contributed by atoms with Gasteiger partial charge in [0.15, 0.2) is 0 Å². The maximum Gasteiger partial charge on any atom is 0.258 e. The fraction of sp³-hybridized carbons (Fsp3) is 0.636. The molecule has 2 bridgehead atoms. The van der Waals surface area contributed by atoms with E-state index in [-0.39, 0.29) is 11.8 Å². The third-order valence-corrected chi connectivity index (χ3v) is 2.81. The van der Waals surface area contributed by atoms with E-state index in [0.29, 0.717) is 32.2 Å². The highest BCUT2D eigenvalue weighted by molar-refractivity contribution is 6.02. The summed E-state index contributed by atoms with van der Waals surface area (Å²) in [5.41, 5.74) is 0. The van der Waals surface area contributed by atoms with Gasteiger partial charge in [0.2, 0.25) is 0 Å². The van der Waals surface area contributed by atoms with E-state index >= 15 is 0 Å². The zero-order valence-electron chi connectivity index (χ0n) is 8.44. The maximum absolute atomic E-state index is 11.7. The summed E-state index contributed by atoms with van der Waals surface area (Å²) in [7, 11) is 0. The number of ether oxygens (including phenoxy) is 1. The Labute approximate surface area is 88.6 Å². The van der Waals surface area contributed by atoms with E-state index in [9.17, 15) is 9.59 Å². The standard InChI is InChI=1S/C11H13NO3/c1-2-3-4-7-12-10(13)8-5-6-9(15-8)11(12)14/h1,8-9H,3-7H2. The lowest BCUT2D eigenvalue weighted by Gasteiger charge is -2.29. The molecule has 2 rings (SSSR count). The van der Waals surface area contributed by atoms with Crippen LogP contribution in [0, 0.1) is 12.3 Å². The molecule has 0 saturated carbocycles. The minimum Gasteiger partial charge on any atom is -0.355 e. The van der Waals surface area contributed by atoms with Crippen molar-refractivity contribution in [2.45, 2.75) is 37.9 Å². The summed E-state index contributed by atoms with van der Waals surface area (Å²) in [6, 6.07) is 0. The number of imide groups is 1. The number of likely N-dealkylation sites (tertiary alicyclic amines) is 1. The second kappa shape index (κ2) is 4.03. The maximum atomic E-state index is 11.7. The van der Waals surface area contributed by atoms with Crippen molar-refractivity contribution in [1.29, 1.82) is 0 Å². The SMILES string of the molecule is C#CCCCN1C(=O)C2CCC(O2)C1=O. The second-order valence-electron chi connectivity index (χ2n) is 3.83. The third-order valence-electron chi connectivity index (χ3n) is 2.81. The van der Waals surface area contributed by atoms with Crippen molar-refractivity contribution in [3.63, 3.8) is 0 Å². The first kappa shape index (κ1) is 10.2. The van der Waals surface area contributed by atoms with Crippen molar-refractivity contribution in [2.75, 3.05) is 6.54 Å². The zero-order chi connectivity index (χ0) is 10.8. The lowest BCUT2D eigenvalue weighted by atomic mass is 10.2. The quantitative estimate of drug-likeness (QED) is 0.380. The lowest BCUT2D eigenvalue weighted by Crippen LogP contribution is -2.51. The van der Waals surface area contributed by atoms with Gasteiger partial charge in [0.25, 0.3) is 11.8 Å². The van der Waals surface area contributed by atoms with E-state index < -0.39 is 12.2 Å². The van der Waals surface area contributed by atoms with Crippen molar-refractivity contribution in [2.24, 2.45) is 0 Å². The minimum atomic E-state index is -0.390. The first-order valence-corrected chi connectivity index (χ1v) is 5.18. The first-order valence-electron chi connectivity index (χ1n) is 5.18. The molecule has 2 heterocycles. The van der Waals surface area contributed by atoms with E-state index in [2.05, 4.69) is 5.92 Å². The molecule has 2 atom stereocenters. The molecule has 2 aliphatic rings. The highest BCUT2D eigenvalue weighted by atomic mass is 16.5. The number of nitrogens with zero attached hydrogens (tertiary/aromatic N) is 1. The summed E-state index contributed by atoms with van der Waals surface area (Å²) >= 11 is 0. The molecule has 15 heavy (non-hydrogen) atoms. The Morgan fingerprint density at radius 2 is 1.93 bits per heavy atom. The predicted molar refractivity (Wildman–Crippen MR) is 52.7 cm³/mol. The van der Waals surface area contributed by atoms with Crippen LogP contribution in [0.5, 0.6) is 0 Å². The monoisotopic (exact) mass is 207 g/mol. The molecular formula is C11H13NO3. The average Bonchev–Trinajstić information content (AvgIpc) is 2.67. The van der Waals surface area contributed by atoms with Gasteiger partial charge in [-0.25, -0.2) is 0 Å². The highest BCUT2D eigenvalue weighted by Gasteiger charge is 2.45. The molecule has 0 spiro atoms. The number of unbranched alkanes of at least 4 members (excludes halogenated alkanes) is 1. The Balaban J connectivity index is 2.01. The second-order valence-corrected chi connectivity index (χ2v) is 3.83. The summed E-state index contributed by atoms with van der Waals surface area (Å²) in [4.78, 5) is 24.7. The van der Waals surface area contributed by atoms with Gasteiger partial charge in [-0.05, 0) is 19.3 Å². The van der Waals surface area contributed by atoms with E-state index in [1.54, 1.807) is 0 Å². The van der Waals surface area contributed by atoms with Crippen LogP contribution < -0.4 is 0 Å². The summed E-state index contributed by atoms with van der Waals surface area (Å²) in [5, 5.41) is 0. The molecule has 4 heteroatoms. The van der Waals surface area contributed by atoms with Gasteiger partial charge in [0, 0.05) is 13.0 Å². The summed E-state index contributed by atoms with van der Waals surface area (Å²) in [6.45, 7) is 0.429. The number of carbonyl (C=O) groups excluding carboxylic acids is 2. The Hall–Kier alpha value is -1.34. The van der Waals surface area contributed by atoms with Gasteiger partial charge in [-0.3, -0.25) is 14.5 Å². The topological polar surface area (TPSA) is 46.6 Å². The van der Waals surface area contributed by atoms with Crippen LogP contribution in [0.2, 0.25) is 0 Å². The molecule has 2 aliphatic heterocycles. The summed E-state index contributed by atoms with van der Waals surface area (Å²) < 4.78 is 5.28. The minimum absolute atomic E-state index is 0.189. The van der Waals surface area contributed by atoms with Crippen LogP contribution in [0.25, 0.3) is 0 Å². The first-order chi connectivity index (χ1) is 7.24. The van der Waals surface area contributed by atoms with E-state index in [4.69, 9.17) is 11.2 Å². The fourth-order valence-electron chi connectivity index (χ4n) is 2.02. The van der Waals surface area contributed by atoms with Crippen LogP contribution in [-0.2, 0) is 14.3 Å². The molecule has 0 aromatic rings. The van der Waals surface area contributed by atoms with Crippen LogP contribution in [0.4, 0.5) is 0 Å². The number of carbonyl (C=O) groups is 2. The highest BCUT2D eigenvalue weighted by Crippen LogP contribution is 2.28. The molecule has 2 amide bonds. The molecule has 80 valence electrons. The van der Waals surface area contributed by atoms with Crippen molar-refractivity contribution in [3.05, 3.63) is 0 Å². The van der Waals surface area contributed by atoms with E-state index in [1.165, 1.54) is 4.90 Å². The molecule has 2 unspecified atom stereocenters. The number of fused-ring (bicyclic) bond motifs is 2. The molecule has 0 N–H and O–H groups in total. The molecule has 2 saturated heterocycles. The number of rotatable bonds is 3. The lowest BCUT2D eigenvalue weighted by molar-refractivity contribution is -0.168. The van der Waals surface area contributed by atoms with Crippen molar-refractivity contribution in [3.8, 4) is 12.3 Å². The van der Waals surface area contributed by atoms with Crippen molar-refractivity contribution in [1.82, 2.24) is 4.90 Å². The number of terminal acetylenes is 1. The van der Waals surface area contributed by atoms with Gasteiger partial charge in [0.05, 0.1) is 0 Å². The van der Waals surface area contributed by atoms with Crippen LogP contribution >= 0.6 is 0 Å². The Morgan fingerprint density at radius 3 is 2.47 bits per heavy atom. The molecule has 0 aliphatic carbocycles. The van der Waals surface area contributed by atoms with E-state index in [1.807, 2.05) is 0 Å². The normalized spacial score (nSPS) is 29.4. The van der Waals surface area contributed by atoms with Gasteiger partial charge >= 0.3 is 0 Å². The molecule has 0 aromatic heterocycles.